The number of amides is 1. The summed E-state index contributed by atoms with van der Waals surface area (Å²) in [6, 6.07) is 17.8. The van der Waals surface area contributed by atoms with Crippen molar-refractivity contribution in [3.05, 3.63) is 81.4 Å². The summed E-state index contributed by atoms with van der Waals surface area (Å²) in [4.78, 5) is 29.3. The third kappa shape index (κ3) is 4.87. The summed E-state index contributed by atoms with van der Waals surface area (Å²) in [6.07, 6.45) is 0. The number of methoxy groups -OCH3 is 1. The molecule has 0 aliphatic heterocycles. The lowest BCUT2D eigenvalue weighted by atomic mass is 10.1. The Kier molecular flexibility index (Phi) is 5.90. The number of carbonyl (C=O) groups excluding carboxylic acids is 1. The van der Waals surface area contributed by atoms with Gasteiger partial charge < -0.3 is 10.1 Å². The molecule has 0 unspecified atom stereocenters. The summed E-state index contributed by atoms with van der Waals surface area (Å²) in [5.74, 6) is 0.389. The monoisotopic (exact) mass is 432 g/mol. The van der Waals surface area contributed by atoms with Crippen molar-refractivity contribution in [3.63, 3.8) is 0 Å². The quantitative estimate of drug-likeness (QED) is 0.498. The molecule has 0 aliphatic rings. The molecule has 4 aromatic rings. The Hall–Kier alpha value is -3.78. The molecule has 4 rings (SSSR count). The van der Waals surface area contributed by atoms with Gasteiger partial charge in [0.1, 0.15) is 12.3 Å². The predicted octanol–water partition coefficient (Wildman–Crippen LogP) is 3.99. The molecule has 0 saturated carbocycles. The van der Waals surface area contributed by atoms with Crippen LogP contribution in [0.2, 0.25) is 0 Å². The Labute approximate surface area is 183 Å². The third-order valence-corrected chi connectivity index (χ3v) is 5.38. The number of benzene rings is 2. The molecule has 2 heterocycles. The lowest BCUT2D eigenvalue weighted by Gasteiger charge is -2.09. The summed E-state index contributed by atoms with van der Waals surface area (Å²) < 4.78 is 6.32. The zero-order valence-corrected chi connectivity index (χ0v) is 17.8. The molecule has 31 heavy (non-hydrogen) atoms. The molecule has 1 amide bonds. The smallest absolute Gasteiger partial charge is 0.267 e. The Balaban J connectivity index is 1.50. The minimum Gasteiger partial charge on any atom is -0.497 e. The fourth-order valence-electron chi connectivity index (χ4n) is 3.07. The molecule has 0 radical (unpaired) electrons. The van der Waals surface area contributed by atoms with Gasteiger partial charge >= 0.3 is 0 Å². The molecule has 8 heteroatoms. The Bertz CT molecular complexity index is 1280. The van der Waals surface area contributed by atoms with E-state index in [4.69, 9.17) is 4.74 Å². The first kappa shape index (κ1) is 20.5. The van der Waals surface area contributed by atoms with E-state index in [-0.39, 0.29) is 18.0 Å². The highest BCUT2D eigenvalue weighted by Gasteiger charge is 2.10. The molecule has 0 bridgehead atoms. The van der Waals surface area contributed by atoms with Gasteiger partial charge in [0.15, 0.2) is 0 Å². The molecule has 2 aromatic heterocycles. The van der Waals surface area contributed by atoms with Crippen LogP contribution in [0.1, 0.15) is 5.01 Å². The SMILES string of the molecule is COc1ccc(-c2ccc(=O)n(CC(=O)Nc3cccc(-c4csc(C)n4)c3)n2)cc1. The number of rotatable bonds is 6. The minimum atomic E-state index is -0.348. The lowest BCUT2D eigenvalue weighted by Crippen LogP contribution is -2.29. The van der Waals surface area contributed by atoms with E-state index in [0.717, 1.165) is 32.3 Å². The maximum absolute atomic E-state index is 12.6. The standard InChI is InChI=1S/C23H20N4O3S/c1-15-24-21(14-31-15)17-4-3-5-18(12-17)25-22(28)13-27-23(29)11-10-20(26-27)16-6-8-19(30-2)9-7-16/h3-12,14H,13H2,1-2H3,(H,25,28). The minimum absolute atomic E-state index is 0.192. The molecule has 0 atom stereocenters. The summed E-state index contributed by atoms with van der Waals surface area (Å²) >= 11 is 1.57. The van der Waals surface area contributed by atoms with E-state index in [0.29, 0.717) is 11.4 Å². The second-order valence-corrected chi connectivity index (χ2v) is 7.89. The first-order valence-electron chi connectivity index (χ1n) is 9.57. The van der Waals surface area contributed by atoms with Gasteiger partial charge in [-0.3, -0.25) is 9.59 Å². The van der Waals surface area contributed by atoms with Crippen molar-refractivity contribution in [2.75, 3.05) is 12.4 Å². The first-order chi connectivity index (χ1) is 15.0. The van der Waals surface area contributed by atoms with Crippen molar-refractivity contribution in [2.24, 2.45) is 0 Å². The van der Waals surface area contributed by atoms with E-state index >= 15 is 0 Å². The van der Waals surface area contributed by atoms with Crippen molar-refractivity contribution >= 4 is 22.9 Å². The van der Waals surface area contributed by atoms with E-state index in [9.17, 15) is 9.59 Å². The van der Waals surface area contributed by atoms with Gasteiger partial charge in [0, 0.05) is 28.3 Å². The van der Waals surface area contributed by atoms with Crippen LogP contribution in [-0.4, -0.2) is 27.8 Å². The zero-order chi connectivity index (χ0) is 21.8. The van der Waals surface area contributed by atoms with Crippen molar-refractivity contribution in [3.8, 4) is 28.3 Å². The molecule has 1 N–H and O–H groups in total. The van der Waals surface area contributed by atoms with Crippen molar-refractivity contribution in [1.29, 1.82) is 0 Å². The van der Waals surface area contributed by atoms with Crippen LogP contribution in [-0.2, 0) is 11.3 Å². The molecule has 0 saturated heterocycles. The summed E-state index contributed by atoms with van der Waals surface area (Å²) in [5.41, 5.74) is 3.48. The topological polar surface area (TPSA) is 86.1 Å². The fourth-order valence-corrected chi connectivity index (χ4v) is 3.69. The number of ether oxygens (including phenoxy) is 1. The highest BCUT2D eigenvalue weighted by atomic mass is 32.1. The average molecular weight is 433 g/mol. The number of carbonyl (C=O) groups is 1. The fraction of sp³-hybridized carbons (Fsp3) is 0.130. The van der Waals surface area contributed by atoms with Gasteiger partial charge in [-0.15, -0.1) is 11.3 Å². The first-order valence-corrected chi connectivity index (χ1v) is 10.4. The zero-order valence-electron chi connectivity index (χ0n) is 17.0. The van der Waals surface area contributed by atoms with Gasteiger partial charge in [-0.1, -0.05) is 12.1 Å². The molecule has 0 spiro atoms. The predicted molar refractivity (Wildman–Crippen MR) is 121 cm³/mol. The number of aryl methyl sites for hydroxylation is 1. The Morgan fingerprint density at radius 1 is 1.06 bits per heavy atom. The Morgan fingerprint density at radius 2 is 1.87 bits per heavy atom. The van der Waals surface area contributed by atoms with Gasteiger partial charge in [-0.2, -0.15) is 5.10 Å². The lowest BCUT2D eigenvalue weighted by molar-refractivity contribution is -0.117. The van der Waals surface area contributed by atoms with Crippen molar-refractivity contribution in [1.82, 2.24) is 14.8 Å². The van der Waals surface area contributed by atoms with Crippen LogP contribution in [0, 0.1) is 6.92 Å². The normalized spacial score (nSPS) is 10.6. The van der Waals surface area contributed by atoms with Crippen molar-refractivity contribution < 1.29 is 9.53 Å². The molecular formula is C23H20N4O3S. The van der Waals surface area contributed by atoms with Crippen LogP contribution < -0.4 is 15.6 Å². The van der Waals surface area contributed by atoms with Crippen LogP contribution in [0.15, 0.2) is 70.8 Å². The molecule has 0 fully saturated rings. The number of aromatic nitrogens is 3. The van der Waals surface area contributed by atoms with Gasteiger partial charge in [0.05, 0.1) is 23.5 Å². The van der Waals surface area contributed by atoms with Gasteiger partial charge in [-0.05, 0) is 49.4 Å². The number of nitrogens with zero attached hydrogens (tertiary/aromatic N) is 3. The third-order valence-electron chi connectivity index (χ3n) is 4.61. The van der Waals surface area contributed by atoms with Crippen LogP contribution in [0.4, 0.5) is 5.69 Å². The summed E-state index contributed by atoms with van der Waals surface area (Å²) in [5, 5.41) is 10.1. The second-order valence-electron chi connectivity index (χ2n) is 6.82. The second kappa shape index (κ2) is 8.93. The van der Waals surface area contributed by atoms with Crippen LogP contribution in [0.3, 0.4) is 0 Å². The van der Waals surface area contributed by atoms with E-state index in [2.05, 4.69) is 15.4 Å². The maximum atomic E-state index is 12.6. The van der Waals surface area contributed by atoms with E-state index < -0.39 is 0 Å². The van der Waals surface area contributed by atoms with E-state index in [1.54, 1.807) is 30.6 Å². The Morgan fingerprint density at radius 3 is 2.58 bits per heavy atom. The molecule has 0 aliphatic carbocycles. The van der Waals surface area contributed by atoms with E-state index in [1.165, 1.54) is 6.07 Å². The van der Waals surface area contributed by atoms with Crippen LogP contribution in [0.25, 0.3) is 22.5 Å². The van der Waals surface area contributed by atoms with Gasteiger partial charge in [0.2, 0.25) is 5.91 Å². The number of hydrogen-bond acceptors (Lipinski definition) is 6. The maximum Gasteiger partial charge on any atom is 0.267 e. The van der Waals surface area contributed by atoms with Crippen molar-refractivity contribution in [2.45, 2.75) is 13.5 Å². The highest BCUT2D eigenvalue weighted by molar-refractivity contribution is 7.09. The highest BCUT2D eigenvalue weighted by Crippen LogP contribution is 2.24. The number of nitrogens with one attached hydrogen (secondary N) is 1. The summed E-state index contributed by atoms with van der Waals surface area (Å²) in [7, 11) is 1.60. The average Bonchev–Trinajstić information content (AvgIpc) is 3.22. The van der Waals surface area contributed by atoms with Gasteiger partial charge in [-0.25, -0.2) is 9.67 Å². The largest absolute Gasteiger partial charge is 0.497 e. The van der Waals surface area contributed by atoms with Gasteiger partial charge in [0.25, 0.3) is 5.56 Å². The number of hydrogen-bond donors (Lipinski definition) is 1. The molecule has 156 valence electrons. The molecule has 2 aromatic carbocycles. The number of thiazole rings is 1. The van der Waals surface area contributed by atoms with Crippen LogP contribution >= 0.6 is 11.3 Å². The molecular weight excluding hydrogens is 412 g/mol. The number of anilines is 1. The van der Waals surface area contributed by atoms with Crippen LogP contribution in [0.5, 0.6) is 5.75 Å². The molecule has 7 nitrogen and oxygen atoms in total. The summed E-state index contributed by atoms with van der Waals surface area (Å²) in [6.45, 7) is 1.76. The van der Waals surface area contributed by atoms with E-state index in [1.807, 2.05) is 54.8 Å².